The first-order chi connectivity index (χ1) is 54.4. The molecular weight excluding hydrogens is 1440 g/mol. The van der Waals surface area contributed by atoms with E-state index in [1.807, 2.05) is 111 Å². The molecule has 608 valence electrons. The van der Waals surface area contributed by atoms with Crippen LogP contribution in [-0.2, 0) is 59.2 Å². The van der Waals surface area contributed by atoms with Crippen molar-refractivity contribution in [1.29, 1.82) is 0 Å². The molecule has 1 saturated heterocycles. The van der Waals surface area contributed by atoms with Crippen LogP contribution in [-0.4, -0.2) is 212 Å². The third-order valence-corrected chi connectivity index (χ3v) is 18.8. The highest BCUT2D eigenvalue weighted by atomic mass is 16.3. The zero-order valence-corrected chi connectivity index (χ0v) is 65.5. The van der Waals surface area contributed by atoms with Gasteiger partial charge in [0.1, 0.15) is 60.4 Å². The highest BCUT2D eigenvalue weighted by Crippen LogP contribution is 2.15. The van der Waals surface area contributed by atoms with E-state index in [0.29, 0.717) is 23.5 Å². The van der Waals surface area contributed by atoms with Gasteiger partial charge in [-0.25, -0.2) is 0 Å². The van der Waals surface area contributed by atoms with Crippen LogP contribution in [0.25, 0.3) is 0 Å². The van der Waals surface area contributed by atoms with Crippen molar-refractivity contribution < 1.29 is 63.0 Å². The lowest BCUT2D eigenvalue weighted by Gasteiger charge is -2.29. The molecule has 0 saturated carbocycles. The van der Waals surface area contributed by atoms with Crippen molar-refractivity contribution >= 4 is 89.8 Å². The largest absolute Gasteiger partial charge is 0.391 e. The number of unbranched alkanes of at least 4 members (excludes halogenated alkanes) is 1. The summed E-state index contributed by atoms with van der Waals surface area (Å²) in [5.41, 5.74) is 9.67. The first kappa shape index (κ1) is 90.7. The summed E-state index contributed by atoms with van der Waals surface area (Å²) in [5, 5.41) is 52.1. The number of carbonyl (C=O) groups is 11. The van der Waals surface area contributed by atoms with E-state index in [2.05, 4.69) is 92.3 Å². The SMILES string of the molecule is CCC(C)CCCCC(=O)N[C@@H](CCN=Cc1ccccc1)C(=O)N[C@H](C(=O)N[C@@H](CCN)C(=O)N[C@H]1CCNC(=O)[C@H]([C@@H](C)O)NC(=O)[C@H](CCN=Cc2ccccc2)NC(=O)[C@H](CCN=Cc2ccccc2)NC(=O)[C@H](CC(C)C)NC(=O)[C@@H](Cc2ccccc2)NC(=O)[C@H](CCN=Cc2ccccc2)NC1=O)[C@@H](C)O. The van der Waals surface area contributed by atoms with Crippen LogP contribution in [0.3, 0.4) is 0 Å². The Morgan fingerprint density at radius 3 is 1.36 bits per heavy atom. The van der Waals surface area contributed by atoms with Crippen LogP contribution in [0.2, 0.25) is 0 Å². The summed E-state index contributed by atoms with van der Waals surface area (Å²) < 4.78 is 0. The van der Waals surface area contributed by atoms with Gasteiger partial charge in [0.2, 0.25) is 65.0 Å². The van der Waals surface area contributed by atoms with Crippen molar-refractivity contribution in [2.75, 3.05) is 39.3 Å². The number of hydrogen-bond acceptors (Lipinski definition) is 18. The normalized spacial score (nSPS) is 20.3. The summed E-state index contributed by atoms with van der Waals surface area (Å²) in [4.78, 5) is 180. The van der Waals surface area contributed by atoms with E-state index in [-0.39, 0.29) is 90.0 Å². The molecule has 1 unspecified atom stereocenters. The second-order valence-corrected chi connectivity index (χ2v) is 28.7. The predicted octanol–water partition coefficient (Wildman–Crippen LogP) is 3.40. The molecule has 113 heavy (non-hydrogen) atoms. The number of benzene rings is 5. The number of aliphatic hydroxyl groups is 2. The zero-order chi connectivity index (χ0) is 81.9. The molecule has 1 heterocycles. The minimum atomic E-state index is -1.75. The first-order valence-electron chi connectivity index (χ1n) is 39.0. The number of aliphatic imine (C=N–C) groups is 4. The molecule has 0 aromatic heterocycles. The van der Waals surface area contributed by atoms with Gasteiger partial charge >= 0.3 is 0 Å². The van der Waals surface area contributed by atoms with Crippen LogP contribution in [0.4, 0.5) is 0 Å². The number of nitrogens with one attached hydrogen (secondary N) is 11. The van der Waals surface area contributed by atoms with Gasteiger partial charge in [0.05, 0.1) is 12.2 Å². The smallest absolute Gasteiger partial charge is 0.245 e. The molecule has 1 aliphatic rings. The molecule has 1 fully saturated rings. The van der Waals surface area contributed by atoms with E-state index in [0.717, 1.165) is 36.0 Å². The van der Waals surface area contributed by atoms with E-state index < -0.39 is 151 Å². The lowest BCUT2D eigenvalue weighted by molar-refractivity contribution is -0.137. The summed E-state index contributed by atoms with van der Waals surface area (Å²) >= 11 is 0. The van der Waals surface area contributed by atoms with E-state index >= 15 is 14.4 Å². The second-order valence-electron chi connectivity index (χ2n) is 28.7. The molecule has 0 spiro atoms. The zero-order valence-electron chi connectivity index (χ0n) is 65.5. The highest BCUT2D eigenvalue weighted by Gasteiger charge is 2.38. The highest BCUT2D eigenvalue weighted by molar-refractivity contribution is 6.00. The Balaban J connectivity index is 1.38. The predicted molar refractivity (Wildman–Crippen MR) is 436 cm³/mol. The Kier molecular flexibility index (Phi) is 40.1. The van der Waals surface area contributed by atoms with Crippen LogP contribution >= 0.6 is 0 Å². The molecule has 5 aromatic carbocycles. The molecule has 1 aliphatic heterocycles. The average molecular weight is 1560 g/mol. The van der Waals surface area contributed by atoms with Crippen LogP contribution < -0.4 is 64.2 Å². The molecular formula is C84H114N16O13. The summed E-state index contributed by atoms with van der Waals surface area (Å²) in [6.07, 6.45) is 5.02. The van der Waals surface area contributed by atoms with Crippen molar-refractivity contribution in [1.82, 2.24) is 58.5 Å². The number of nitrogens with two attached hydrogens (primary N) is 1. The molecule has 5 aromatic rings. The fourth-order valence-corrected chi connectivity index (χ4v) is 12.1. The standard InChI is InChI=1S/C84H114N16O13/c1-7-56(4)25-23-24-36-72(103)91-65(38-44-86-51-60-28-15-9-16-29-60)79(108)100-74(58(6)102)84(113)96-64(37-43-85)75(104)94-69-42-48-90-83(112)73(57(5)101)99-80(109)68(41-47-89-54-63-34-21-12-22-35-63)93-76(105)66(39-45-87-52-61-30-17-10-18-31-61)95-81(110)70(49-55(2)3)97-82(111)71(50-59-26-13-8-14-27-59)98-78(107)67(92-77(69)106)40-46-88-53-62-32-19-11-20-33-62/h8-22,26-35,51-58,64-71,73-74,101-102H,7,23-25,36-50,85H2,1-6H3,(H,90,112)(H,91,103)(H,92,106)(H,93,105)(H,94,104)(H,95,110)(H,96,113)(H,97,111)(H,98,107)(H,99,109)(H,100,108)/t56?,57-,58-,64+,65+,66+,67+,68+,69+,70+,71-,73+,74+/m1/s1. The van der Waals surface area contributed by atoms with E-state index in [1.54, 1.807) is 79.5 Å². The number of aliphatic hydroxyl groups excluding tert-OH is 2. The maximum atomic E-state index is 15.3. The third kappa shape index (κ3) is 33.7. The molecule has 0 radical (unpaired) electrons. The number of carbonyl (C=O) groups excluding carboxylic acids is 11. The molecule has 11 amide bonds. The van der Waals surface area contributed by atoms with Gasteiger partial charge in [-0.2, -0.15) is 0 Å². The van der Waals surface area contributed by atoms with Crippen LogP contribution in [0, 0.1) is 11.8 Å². The van der Waals surface area contributed by atoms with Gasteiger partial charge in [-0.3, -0.25) is 72.7 Å². The Morgan fingerprint density at radius 2 is 0.903 bits per heavy atom. The Bertz CT molecular complexity index is 3930. The average Bonchev–Trinajstić information content (AvgIpc) is 1.29. The Morgan fingerprint density at radius 1 is 0.478 bits per heavy atom. The van der Waals surface area contributed by atoms with Gasteiger partial charge in [0.25, 0.3) is 0 Å². The van der Waals surface area contributed by atoms with Crippen LogP contribution in [0.5, 0.6) is 0 Å². The summed E-state index contributed by atoms with van der Waals surface area (Å²) in [5.74, 6) is -9.52. The van der Waals surface area contributed by atoms with Crippen LogP contribution in [0.1, 0.15) is 146 Å². The lowest BCUT2D eigenvalue weighted by Crippen LogP contribution is -2.62. The molecule has 29 nitrogen and oxygen atoms in total. The summed E-state index contributed by atoms with van der Waals surface area (Å²) in [6.45, 7) is 9.47. The van der Waals surface area contributed by atoms with Crippen molar-refractivity contribution in [2.45, 2.75) is 198 Å². The molecule has 6 rings (SSSR count). The molecule has 0 bridgehead atoms. The van der Waals surface area contributed by atoms with E-state index in [9.17, 15) is 48.6 Å². The van der Waals surface area contributed by atoms with E-state index in [4.69, 9.17) is 5.73 Å². The topological polar surface area (TPSA) is 436 Å². The molecule has 15 N–H and O–H groups in total. The lowest BCUT2D eigenvalue weighted by atomic mass is 10.00. The van der Waals surface area contributed by atoms with Gasteiger partial charge in [0, 0.05) is 70.4 Å². The number of hydrogen-bond donors (Lipinski definition) is 14. The van der Waals surface area contributed by atoms with Gasteiger partial charge in [-0.05, 0) is 111 Å². The minimum absolute atomic E-state index is 0.00975. The number of nitrogens with zero attached hydrogens (tertiary/aromatic N) is 4. The van der Waals surface area contributed by atoms with Gasteiger partial charge in [-0.15, -0.1) is 0 Å². The van der Waals surface area contributed by atoms with E-state index in [1.165, 1.54) is 13.8 Å². The Labute approximate surface area is 662 Å². The fourth-order valence-electron chi connectivity index (χ4n) is 12.1. The number of rotatable bonds is 37. The van der Waals surface area contributed by atoms with Crippen molar-refractivity contribution in [3.05, 3.63) is 179 Å². The fraction of sp³-hybridized carbons (Fsp3) is 0.464. The first-order valence-corrected chi connectivity index (χ1v) is 39.0. The maximum absolute atomic E-state index is 15.3. The molecule has 0 aliphatic carbocycles. The summed E-state index contributed by atoms with van der Waals surface area (Å²) in [7, 11) is 0. The van der Waals surface area contributed by atoms with Gasteiger partial charge in [-0.1, -0.05) is 199 Å². The second kappa shape index (κ2) is 50.0. The molecule has 13 atom stereocenters. The summed E-state index contributed by atoms with van der Waals surface area (Å²) in [6, 6.07) is 29.8. The monoisotopic (exact) mass is 1550 g/mol. The minimum Gasteiger partial charge on any atom is -0.391 e. The van der Waals surface area contributed by atoms with Gasteiger partial charge < -0.3 is 74.4 Å². The third-order valence-electron chi connectivity index (χ3n) is 18.8. The van der Waals surface area contributed by atoms with Crippen molar-refractivity contribution in [2.24, 2.45) is 37.5 Å². The van der Waals surface area contributed by atoms with Crippen molar-refractivity contribution in [3.8, 4) is 0 Å². The maximum Gasteiger partial charge on any atom is 0.245 e. The van der Waals surface area contributed by atoms with Gasteiger partial charge in [0.15, 0.2) is 0 Å². The number of amides is 11. The van der Waals surface area contributed by atoms with Crippen molar-refractivity contribution in [3.63, 3.8) is 0 Å². The Hall–Kier alpha value is -11.2. The molecule has 29 heteroatoms. The quantitative estimate of drug-likeness (QED) is 0.0200. The van der Waals surface area contributed by atoms with Crippen LogP contribution in [0.15, 0.2) is 172 Å².